The summed E-state index contributed by atoms with van der Waals surface area (Å²) in [5.74, 6) is -3.50. The summed E-state index contributed by atoms with van der Waals surface area (Å²) in [5, 5.41) is 4.99. The number of rotatable bonds is 9. The van der Waals surface area contributed by atoms with Crippen LogP contribution in [-0.2, 0) is 35.1 Å². The third kappa shape index (κ3) is 7.34. The first-order valence-corrected chi connectivity index (χ1v) is 8.64. The van der Waals surface area contributed by atoms with E-state index in [1.165, 1.54) is 32.2 Å². The molecule has 0 saturated carbocycles. The van der Waals surface area contributed by atoms with Crippen molar-refractivity contribution in [3.05, 3.63) is 35.6 Å². The molecule has 2 N–H and O–H groups in total. The molecule has 0 radical (unpaired) electrons. The zero-order valence-electron chi connectivity index (χ0n) is 16.3. The van der Waals surface area contributed by atoms with E-state index in [1.54, 1.807) is 13.0 Å². The molecule has 3 atom stereocenters. The molecular weight excluding hydrogens is 371 g/mol. The van der Waals surface area contributed by atoms with Gasteiger partial charge in [0.05, 0.1) is 20.6 Å². The second-order valence-corrected chi connectivity index (χ2v) is 6.35. The number of ether oxygens (including phenoxy) is 2. The largest absolute Gasteiger partial charge is 0.469 e. The summed E-state index contributed by atoms with van der Waals surface area (Å²) in [5.41, 5.74) is 0.492. The first kappa shape index (κ1) is 23.1. The third-order valence-corrected chi connectivity index (χ3v) is 4.06. The smallest absolute Gasteiger partial charge is 0.328 e. The minimum atomic E-state index is -1.12. The van der Waals surface area contributed by atoms with Crippen molar-refractivity contribution in [2.45, 2.75) is 38.8 Å². The lowest BCUT2D eigenvalue weighted by molar-refractivity contribution is -0.148. The summed E-state index contributed by atoms with van der Waals surface area (Å²) in [7, 11) is 2.37. The highest BCUT2D eigenvalue weighted by molar-refractivity contribution is 5.90. The maximum absolute atomic E-state index is 13.4. The van der Waals surface area contributed by atoms with E-state index in [9.17, 15) is 23.6 Å². The van der Waals surface area contributed by atoms with Gasteiger partial charge in [-0.15, -0.1) is 0 Å². The van der Waals surface area contributed by atoms with Crippen LogP contribution >= 0.6 is 0 Å². The van der Waals surface area contributed by atoms with Crippen LogP contribution < -0.4 is 10.6 Å². The summed E-state index contributed by atoms with van der Waals surface area (Å²) in [4.78, 5) is 47.8. The van der Waals surface area contributed by atoms with Crippen molar-refractivity contribution in [3.63, 3.8) is 0 Å². The van der Waals surface area contributed by atoms with E-state index in [0.717, 1.165) is 7.11 Å². The maximum atomic E-state index is 13.4. The molecular formula is C19H25FN2O6. The first-order chi connectivity index (χ1) is 13.2. The average Bonchev–Trinajstić information content (AvgIpc) is 2.64. The fourth-order valence-electron chi connectivity index (χ4n) is 2.63. The first-order valence-electron chi connectivity index (χ1n) is 8.64. The number of benzene rings is 1. The van der Waals surface area contributed by atoms with Crippen LogP contribution in [0.3, 0.4) is 0 Å². The maximum Gasteiger partial charge on any atom is 0.328 e. The number of amides is 2. The highest BCUT2D eigenvalue weighted by Crippen LogP contribution is 2.13. The van der Waals surface area contributed by atoms with Crippen LogP contribution in [-0.4, -0.2) is 50.1 Å². The number of hydrogen-bond donors (Lipinski definition) is 2. The van der Waals surface area contributed by atoms with Gasteiger partial charge < -0.3 is 20.1 Å². The molecule has 9 heteroatoms. The fourth-order valence-corrected chi connectivity index (χ4v) is 2.63. The Bertz CT molecular complexity index is 724. The highest BCUT2D eigenvalue weighted by Gasteiger charge is 2.32. The van der Waals surface area contributed by atoms with Crippen LogP contribution in [0.4, 0.5) is 4.39 Å². The zero-order valence-corrected chi connectivity index (χ0v) is 16.3. The predicted molar refractivity (Wildman–Crippen MR) is 97.5 cm³/mol. The van der Waals surface area contributed by atoms with Crippen LogP contribution in [0.5, 0.6) is 0 Å². The lowest BCUT2D eigenvalue weighted by atomic mass is 9.97. The summed E-state index contributed by atoms with van der Waals surface area (Å²) in [6.07, 6.45) is -0.103. The molecule has 28 heavy (non-hydrogen) atoms. The third-order valence-electron chi connectivity index (χ3n) is 4.06. The molecule has 0 aliphatic rings. The Hall–Kier alpha value is -2.97. The molecule has 154 valence electrons. The Labute approximate surface area is 162 Å². The number of hydrogen-bond acceptors (Lipinski definition) is 6. The van der Waals surface area contributed by atoms with Crippen LogP contribution in [0.1, 0.15) is 25.8 Å². The number of methoxy groups -OCH3 is 2. The molecule has 0 saturated heterocycles. The Kier molecular flexibility index (Phi) is 9.07. The van der Waals surface area contributed by atoms with Crippen molar-refractivity contribution in [2.24, 2.45) is 5.92 Å². The minimum Gasteiger partial charge on any atom is -0.469 e. The Balaban J connectivity index is 2.98. The summed E-state index contributed by atoms with van der Waals surface area (Å²) in [6, 6.07) is 3.45. The van der Waals surface area contributed by atoms with Gasteiger partial charge in [-0.3, -0.25) is 14.4 Å². The van der Waals surface area contributed by atoms with Crippen LogP contribution in [0.2, 0.25) is 0 Å². The molecule has 0 aliphatic heterocycles. The molecule has 0 aromatic heterocycles. The van der Waals surface area contributed by atoms with Gasteiger partial charge in [-0.2, -0.15) is 0 Å². The average molecular weight is 396 g/mol. The van der Waals surface area contributed by atoms with Crippen LogP contribution in [0, 0.1) is 11.7 Å². The minimum absolute atomic E-state index is 0.0163. The van der Waals surface area contributed by atoms with Crippen molar-refractivity contribution in [1.82, 2.24) is 10.6 Å². The second-order valence-electron chi connectivity index (χ2n) is 6.35. The molecule has 1 aromatic carbocycles. The van der Waals surface area contributed by atoms with Gasteiger partial charge in [0, 0.05) is 13.3 Å². The van der Waals surface area contributed by atoms with Crippen molar-refractivity contribution >= 4 is 23.8 Å². The van der Waals surface area contributed by atoms with Gasteiger partial charge in [0.15, 0.2) is 0 Å². The molecule has 0 heterocycles. The van der Waals surface area contributed by atoms with Crippen molar-refractivity contribution in [3.8, 4) is 0 Å². The van der Waals surface area contributed by atoms with Gasteiger partial charge in [0.2, 0.25) is 11.8 Å². The quantitative estimate of drug-likeness (QED) is 0.596. The lowest BCUT2D eigenvalue weighted by Gasteiger charge is -2.25. The van der Waals surface area contributed by atoms with Gasteiger partial charge in [0.1, 0.15) is 17.9 Å². The van der Waals surface area contributed by atoms with E-state index in [1.807, 2.05) is 0 Å². The molecule has 0 spiro atoms. The molecule has 0 aliphatic carbocycles. The molecule has 0 bridgehead atoms. The number of esters is 2. The van der Waals surface area contributed by atoms with E-state index in [-0.39, 0.29) is 12.8 Å². The molecule has 0 unspecified atom stereocenters. The van der Waals surface area contributed by atoms with Gasteiger partial charge in [-0.25, -0.2) is 9.18 Å². The van der Waals surface area contributed by atoms with Crippen molar-refractivity contribution < 1.29 is 33.0 Å². The molecule has 1 rings (SSSR count). The summed E-state index contributed by atoms with van der Waals surface area (Å²) >= 11 is 0. The molecule has 2 amide bonds. The van der Waals surface area contributed by atoms with E-state index >= 15 is 0 Å². The normalized spacial score (nSPS) is 13.6. The van der Waals surface area contributed by atoms with E-state index in [0.29, 0.717) is 5.56 Å². The highest BCUT2D eigenvalue weighted by atomic mass is 19.1. The molecule has 8 nitrogen and oxygen atoms in total. The van der Waals surface area contributed by atoms with Gasteiger partial charge in [0.25, 0.3) is 0 Å². The van der Waals surface area contributed by atoms with E-state index < -0.39 is 47.6 Å². The van der Waals surface area contributed by atoms with E-state index in [2.05, 4.69) is 15.4 Å². The Morgan fingerprint density at radius 2 is 1.79 bits per heavy atom. The number of carbonyl (C=O) groups excluding carboxylic acids is 4. The predicted octanol–water partition coefficient (Wildman–Crippen LogP) is 0.730. The fraction of sp³-hybridized carbons (Fsp3) is 0.474. The Morgan fingerprint density at radius 1 is 1.11 bits per heavy atom. The second kappa shape index (κ2) is 11.0. The number of nitrogens with one attached hydrogen (secondary N) is 2. The van der Waals surface area contributed by atoms with Crippen molar-refractivity contribution in [2.75, 3.05) is 14.2 Å². The van der Waals surface area contributed by atoms with Gasteiger partial charge in [-0.1, -0.05) is 19.1 Å². The topological polar surface area (TPSA) is 111 Å². The summed E-state index contributed by atoms with van der Waals surface area (Å²) in [6.45, 7) is 2.82. The number of halogens is 1. The monoisotopic (exact) mass is 396 g/mol. The van der Waals surface area contributed by atoms with Crippen LogP contribution in [0.25, 0.3) is 0 Å². The number of carbonyl (C=O) groups is 4. The SMILES string of the molecule is COC(=O)C[C@@H](C)[C@@H](NC(=O)[C@@H](Cc1cccc(F)c1)NC(C)=O)C(=O)OC. The van der Waals surface area contributed by atoms with E-state index in [4.69, 9.17) is 4.74 Å². The Morgan fingerprint density at radius 3 is 2.32 bits per heavy atom. The van der Waals surface area contributed by atoms with Gasteiger partial charge >= 0.3 is 11.9 Å². The van der Waals surface area contributed by atoms with Gasteiger partial charge in [-0.05, 0) is 23.6 Å². The molecule has 1 aromatic rings. The molecule has 0 fully saturated rings. The lowest BCUT2D eigenvalue weighted by Crippen LogP contribution is -2.54. The van der Waals surface area contributed by atoms with Crippen molar-refractivity contribution in [1.29, 1.82) is 0 Å². The van der Waals surface area contributed by atoms with Crippen LogP contribution in [0.15, 0.2) is 24.3 Å². The summed E-state index contributed by atoms with van der Waals surface area (Å²) < 4.78 is 22.7. The standard InChI is InChI=1S/C19H25FN2O6/c1-11(8-16(24)27-3)17(19(26)28-4)22-18(25)15(21-12(2)23)10-13-6-5-7-14(20)9-13/h5-7,9,11,15,17H,8,10H2,1-4H3,(H,21,23)(H,22,25)/t11-,15-,17-/m1/s1. The zero-order chi connectivity index (χ0) is 21.3.